The molecule has 48 valence electrons. The summed E-state index contributed by atoms with van der Waals surface area (Å²) in [4.78, 5) is 3.89. The second-order valence-corrected chi connectivity index (χ2v) is 2.34. The molecule has 0 saturated carbocycles. The number of hydrogen-bond donors (Lipinski definition) is 1. The van der Waals surface area contributed by atoms with Gasteiger partial charge in [0.2, 0.25) is 0 Å². The van der Waals surface area contributed by atoms with E-state index in [1.165, 1.54) is 0 Å². The zero-order valence-electron chi connectivity index (χ0n) is 6.05. The van der Waals surface area contributed by atoms with Gasteiger partial charge >= 0.3 is 7.12 Å². The largest absolute Gasteiger partial charge is 0.396 e. The van der Waals surface area contributed by atoms with E-state index in [9.17, 15) is 0 Å². The summed E-state index contributed by atoms with van der Waals surface area (Å²) in [6.45, 7) is 0. The van der Waals surface area contributed by atoms with Gasteiger partial charge in [-0.2, -0.15) is 0 Å². The maximum atomic E-state index is 5.61. The first-order valence-electron chi connectivity index (χ1n) is 2.64. The van der Waals surface area contributed by atoms with Crippen molar-refractivity contribution in [1.82, 2.24) is 9.62 Å². The van der Waals surface area contributed by atoms with E-state index in [0.29, 0.717) is 0 Å². The Morgan fingerprint density at radius 2 is 1.25 bits per heavy atom. The molecule has 0 saturated heterocycles. The van der Waals surface area contributed by atoms with E-state index < -0.39 is 0 Å². The zero-order valence-corrected chi connectivity index (χ0v) is 6.05. The molecule has 8 heavy (non-hydrogen) atoms. The highest BCUT2D eigenvalue weighted by Crippen LogP contribution is 1.79. The maximum absolute atomic E-state index is 5.61. The first kappa shape index (κ1) is 7.94. The van der Waals surface area contributed by atoms with Crippen LogP contribution in [0, 0.1) is 0 Å². The Morgan fingerprint density at radius 1 is 1.00 bits per heavy atom. The van der Waals surface area contributed by atoms with Crippen molar-refractivity contribution in [1.29, 1.82) is 0 Å². The van der Waals surface area contributed by atoms with Crippen molar-refractivity contribution in [2.75, 3.05) is 28.2 Å². The molecule has 0 aromatic carbocycles. The standard InChI is InChI=1S/C4H14BN3/c1-7(2)5(6)8(3)4/h6H2,1-4H3. The highest BCUT2D eigenvalue weighted by molar-refractivity contribution is 6.48. The van der Waals surface area contributed by atoms with Crippen molar-refractivity contribution in [2.24, 2.45) is 5.64 Å². The lowest BCUT2D eigenvalue weighted by Gasteiger charge is -2.20. The number of rotatable bonds is 2. The van der Waals surface area contributed by atoms with Crippen LogP contribution in [0.4, 0.5) is 0 Å². The predicted octanol–water partition coefficient (Wildman–Crippen LogP) is -0.947. The van der Waals surface area contributed by atoms with Crippen molar-refractivity contribution in [2.45, 2.75) is 0 Å². The molecule has 0 bridgehead atoms. The molecular weight excluding hydrogens is 101 g/mol. The molecule has 0 radical (unpaired) electrons. The molecule has 0 aromatic heterocycles. The van der Waals surface area contributed by atoms with Crippen LogP contribution in [-0.2, 0) is 0 Å². The second kappa shape index (κ2) is 3.07. The van der Waals surface area contributed by atoms with Gasteiger partial charge in [-0.15, -0.1) is 0 Å². The van der Waals surface area contributed by atoms with Crippen molar-refractivity contribution in [3.8, 4) is 0 Å². The topological polar surface area (TPSA) is 32.5 Å². The molecule has 0 aliphatic carbocycles. The third kappa shape index (κ3) is 2.30. The van der Waals surface area contributed by atoms with Crippen LogP contribution in [-0.4, -0.2) is 44.9 Å². The number of hydrogen-bond acceptors (Lipinski definition) is 3. The molecule has 0 aliphatic rings. The monoisotopic (exact) mass is 115 g/mol. The maximum Gasteiger partial charge on any atom is 0.396 e. The molecule has 0 amide bonds. The minimum atomic E-state index is 0.0370. The van der Waals surface area contributed by atoms with Crippen LogP contribution < -0.4 is 5.64 Å². The molecule has 2 N–H and O–H groups in total. The Morgan fingerprint density at radius 3 is 1.25 bits per heavy atom. The first-order valence-corrected chi connectivity index (χ1v) is 2.64. The van der Waals surface area contributed by atoms with Gasteiger partial charge in [-0.3, -0.25) is 0 Å². The molecule has 0 aromatic rings. The van der Waals surface area contributed by atoms with E-state index in [1.54, 1.807) is 0 Å². The minimum Gasteiger partial charge on any atom is -0.341 e. The number of nitrogens with zero attached hydrogens (tertiary/aromatic N) is 2. The van der Waals surface area contributed by atoms with E-state index >= 15 is 0 Å². The Kier molecular flexibility index (Phi) is 3.05. The average molecular weight is 115 g/mol. The molecule has 0 aliphatic heterocycles. The summed E-state index contributed by atoms with van der Waals surface area (Å²) in [5.41, 5.74) is 5.61. The fourth-order valence-electron chi connectivity index (χ4n) is 0.462. The van der Waals surface area contributed by atoms with Crippen LogP contribution in [0.2, 0.25) is 0 Å². The van der Waals surface area contributed by atoms with Gasteiger partial charge in [0.15, 0.2) is 0 Å². The van der Waals surface area contributed by atoms with Crippen LogP contribution in [0.5, 0.6) is 0 Å². The van der Waals surface area contributed by atoms with Crippen molar-refractivity contribution in [3.05, 3.63) is 0 Å². The second-order valence-electron chi connectivity index (χ2n) is 2.34. The van der Waals surface area contributed by atoms with Crippen LogP contribution in [0.3, 0.4) is 0 Å². The fraction of sp³-hybridized carbons (Fsp3) is 1.00. The van der Waals surface area contributed by atoms with Gasteiger partial charge in [0, 0.05) is 0 Å². The lowest BCUT2D eigenvalue weighted by atomic mass is 9.93. The third-order valence-corrected chi connectivity index (χ3v) is 1.06. The van der Waals surface area contributed by atoms with Crippen LogP contribution in [0.1, 0.15) is 0 Å². The Balaban J connectivity index is 3.46. The van der Waals surface area contributed by atoms with Crippen molar-refractivity contribution < 1.29 is 0 Å². The molecule has 0 rings (SSSR count). The third-order valence-electron chi connectivity index (χ3n) is 1.06. The van der Waals surface area contributed by atoms with E-state index in [2.05, 4.69) is 0 Å². The molecule has 3 nitrogen and oxygen atoms in total. The van der Waals surface area contributed by atoms with Crippen molar-refractivity contribution in [3.63, 3.8) is 0 Å². The SMILES string of the molecule is CN(C)B(N)N(C)C. The summed E-state index contributed by atoms with van der Waals surface area (Å²) in [5.74, 6) is 0. The van der Waals surface area contributed by atoms with Crippen LogP contribution in [0.15, 0.2) is 0 Å². The van der Waals surface area contributed by atoms with Crippen LogP contribution in [0.25, 0.3) is 0 Å². The molecule has 0 heterocycles. The molecular formula is C4H14BN3. The average Bonchev–Trinajstić information content (AvgIpc) is 1.64. The first-order chi connectivity index (χ1) is 3.55. The zero-order chi connectivity index (χ0) is 6.73. The summed E-state index contributed by atoms with van der Waals surface area (Å²) in [5, 5.41) is 0. The highest BCUT2D eigenvalue weighted by atomic mass is 15.2. The Hall–Kier alpha value is -0.0551. The van der Waals surface area contributed by atoms with Gasteiger partial charge in [-0.1, -0.05) is 0 Å². The van der Waals surface area contributed by atoms with Gasteiger partial charge in [-0.25, -0.2) is 0 Å². The van der Waals surface area contributed by atoms with Gasteiger partial charge in [0.05, 0.1) is 0 Å². The van der Waals surface area contributed by atoms with E-state index in [1.807, 2.05) is 37.8 Å². The van der Waals surface area contributed by atoms with Crippen LogP contribution >= 0.6 is 0 Å². The molecule has 4 heteroatoms. The Bertz CT molecular complexity index is 56.3. The highest BCUT2D eigenvalue weighted by Gasteiger charge is 2.13. The summed E-state index contributed by atoms with van der Waals surface area (Å²) >= 11 is 0. The van der Waals surface area contributed by atoms with Gasteiger partial charge < -0.3 is 15.3 Å². The van der Waals surface area contributed by atoms with Crippen molar-refractivity contribution >= 4 is 7.12 Å². The summed E-state index contributed by atoms with van der Waals surface area (Å²) < 4.78 is 0. The molecule has 0 atom stereocenters. The predicted molar refractivity (Wildman–Crippen MR) is 37.3 cm³/mol. The summed E-state index contributed by atoms with van der Waals surface area (Å²) in [7, 11) is 7.83. The summed E-state index contributed by atoms with van der Waals surface area (Å²) in [6, 6.07) is 0. The molecule has 0 unspecified atom stereocenters. The quantitative estimate of drug-likeness (QED) is 0.471. The smallest absolute Gasteiger partial charge is 0.341 e. The van der Waals surface area contributed by atoms with E-state index in [4.69, 9.17) is 5.64 Å². The van der Waals surface area contributed by atoms with Gasteiger partial charge in [0.1, 0.15) is 0 Å². The van der Waals surface area contributed by atoms with Gasteiger partial charge in [-0.05, 0) is 28.2 Å². The molecule has 0 spiro atoms. The molecule has 0 fully saturated rings. The minimum absolute atomic E-state index is 0.0370. The summed E-state index contributed by atoms with van der Waals surface area (Å²) in [6.07, 6.45) is 0. The normalized spacial score (nSPS) is 10.9. The van der Waals surface area contributed by atoms with E-state index in [-0.39, 0.29) is 7.12 Å². The lowest BCUT2D eigenvalue weighted by Crippen LogP contribution is -2.53. The fourth-order valence-corrected chi connectivity index (χ4v) is 0.462. The van der Waals surface area contributed by atoms with E-state index in [0.717, 1.165) is 0 Å². The van der Waals surface area contributed by atoms with Gasteiger partial charge in [0.25, 0.3) is 0 Å². The number of nitrogens with two attached hydrogens (primary N) is 1. The Labute approximate surface area is 51.6 Å². The lowest BCUT2D eigenvalue weighted by molar-refractivity contribution is 0.517.